The Kier molecular flexibility index (Phi) is 6.98. The van der Waals surface area contributed by atoms with E-state index in [0.29, 0.717) is 23.6 Å². The molecule has 3 aliphatic rings. The topological polar surface area (TPSA) is 102 Å². The third-order valence-electron chi connectivity index (χ3n) is 7.78. The van der Waals surface area contributed by atoms with Crippen LogP contribution in [-0.4, -0.2) is 41.1 Å². The minimum Gasteiger partial charge on any atom is -0.457 e. The van der Waals surface area contributed by atoms with Crippen LogP contribution in [0.2, 0.25) is 0 Å². The fourth-order valence-corrected chi connectivity index (χ4v) is 6.91. The van der Waals surface area contributed by atoms with Crippen LogP contribution in [0, 0.1) is 23.7 Å². The Morgan fingerprint density at radius 2 is 1.45 bits per heavy atom. The molecule has 10 heteroatoms. The number of nitrogens with one attached hydrogen (secondary N) is 1. The number of esters is 1. The number of fused-ring (bicyclic) bond motifs is 5. The first-order chi connectivity index (χ1) is 19.3. The van der Waals surface area contributed by atoms with E-state index in [0.717, 1.165) is 4.90 Å². The van der Waals surface area contributed by atoms with Crippen molar-refractivity contribution in [2.24, 2.45) is 23.7 Å². The van der Waals surface area contributed by atoms with Crippen molar-refractivity contribution >= 4 is 58.3 Å². The number of nitrogens with zero attached hydrogens (tertiary/aromatic N) is 1. The number of imide groups is 1. The summed E-state index contributed by atoms with van der Waals surface area (Å²) in [5, 5.41) is 1.96. The molecule has 6 rings (SSSR count). The summed E-state index contributed by atoms with van der Waals surface area (Å²) in [5.74, 6) is -1.89. The Bertz CT molecular complexity index is 1450. The third kappa shape index (κ3) is 4.71. The van der Waals surface area contributed by atoms with Gasteiger partial charge in [-0.2, -0.15) is 0 Å². The molecule has 1 N–H and O–H groups in total. The summed E-state index contributed by atoms with van der Waals surface area (Å²) in [6, 6.07) is 22.1. The Hall–Kier alpha value is -3.88. The van der Waals surface area contributed by atoms with Gasteiger partial charge in [0, 0.05) is 5.69 Å². The van der Waals surface area contributed by atoms with Crippen molar-refractivity contribution in [1.29, 1.82) is 0 Å². The van der Waals surface area contributed by atoms with Crippen LogP contribution in [0.25, 0.3) is 0 Å². The highest BCUT2D eigenvalue weighted by molar-refractivity contribution is 6.32. The molecule has 0 unspecified atom stereocenters. The Morgan fingerprint density at radius 3 is 2.10 bits per heavy atom. The molecule has 0 radical (unpaired) electrons. The van der Waals surface area contributed by atoms with Crippen LogP contribution in [0.15, 0.2) is 78.9 Å². The second-order valence-electron chi connectivity index (χ2n) is 10.1. The predicted octanol–water partition coefficient (Wildman–Crippen LogP) is 5.24. The van der Waals surface area contributed by atoms with Gasteiger partial charge in [-0.25, -0.2) is 4.79 Å². The van der Waals surface area contributed by atoms with E-state index < -0.39 is 30.3 Å². The number of amides is 3. The summed E-state index contributed by atoms with van der Waals surface area (Å²) in [6.07, 6.45) is 0.670. The van der Waals surface area contributed by atoms with E-state index in [4.69, 9.17) is 32.7 Å². The first kappa shape index (κ1) is 26.3. The fraction of sp³-hybridized carbons (Fsp3) is 0.267. The maximum atomic E-state index is 13.2. The molecule has 0 spiro atoms. The number of rotatable bonds is 7. The fourth-order valence-electron chi connectivity index (χ4n) is 6.02. The van der Waals surface area contributed by atoms with Crippen molar-refractivity contribution in [2.45, 2.75) is 17.2 Å². The minimum absolute atomic E-state index is 0.110. The monoisotopic (exact) mass is 578 g/mol. The van der Waals surface area contributed by atoms with Crippen LogP contribution in [0.1, 0.15) is 16.8 Å². The number of carbonyl (C=O) groups excluding carboxylic acids is 4. The van der Waals surface area contributed by atoms with E-state index in [9.17, 15) is 19.2 Å². The van der Waals surface area contributed by atoms with Crippen molar-refractivity contribution in [3.63, 3.8) is 0 Å². The van der Waals surface area contributed by atoms with E-state index in [1.165, 1.54) is 12.1 Å². The lowest BCUT2D eigenvalue weighted by Gasteiger charge is -2.28. The summed E-state index contributed by atoms with van der Waals surface area (Å²) in [7, 11) is 0. The number of alkyl halides is 2. The standard InChI is InChI=1S/C30H24Cl2N2O6/c31-26-21-14-22(27(26)32)25-24(21)28(36)34(29(25)37)18-6-4-5-16(13-18)30(38)39-15-23(35)33-17-9-11-20(12-10-17)40-19-7-2-1-3-8-19/h1-13,21-22,24-27H,14-15H2,(H,33,35)/t21-,22-,24-,25+,26-,27+/m1/s1. The lowest BCUT2D eigenvalue weighted by Crippen LogP contribution is -2.37. The first-order valence-electron chi connectivity index (χ1n) is 12.9. The molecular weight excluding hydrogens is 555 g/mol. The normalized spacial score (nSPS) is 26.5. The van der Waals surface area contributed by atoms with Gasteiger partial charge in [0.25, 0.3) is 5.91 Å². The highest BCUT2D eigenvalue weighted by Crippen LogP contribution is 2.59. The molecule has 3 fully saturated rings. The van der Waals surface area contributed by atoms with Crippen LogP contribution >= 0.6 is 23.2 Å². The zero-order valence-corrected chi connectivity index (χ0v) is 22.5. The molecule has 3 amide bonds. The molecule has 8 nitrogen and oxygen atoms in total. The second-order valence-corrected chi connectivity index (χ2v) is 11.1. The number of hydrogen-bond donors (Lipinski definition) is 1. The Morgan fingerprint density at radius 1 is 0.825 bits per heavy atom. The summed E-state index contributed by atoms with van der Waals surface area (Å²) >= 11 is 12.9. The molecule has 1 heterocycles. The number of benzene rings is 3. The van der Waals surface area contributed by atoms with E-state index >= 15 is 0 Å². The predicted molar refractivity (Wildman–Crippen MR) is 149 cm³/mol. The Balaban J connectivity index is 1.06. The van der Waals surface area contributed by atoms with Crippen molar-refractivity contribution < 1.29 is 28.7 Å². The molecular formula is C30H24Cl2N2O6. The average Bonchev–Trinajstić information content (AvgIpc) is 3.58. The number of ether oxygens (including phenoxy) is 2. The lowest BCUT2D eigenvalue weighted by atomic mass is 9.80. The summed E-state index contributed by atoms with van der Waals surface area (Å²) in [5.41, 5.74) is 0.893. The van der Waals surface area contributed by atoms with Gasteiger partial charge in [0.2, 0.25) is 11.8 Å². The van der Waals surface area contributed by atoms with E-state index in [2.05, 4.69) is 5.32 Å². The van der Waals surface area contributed by atoms with Crippen molar-refractivity contribution in [3.8, 4) is 11.5 Å². The quantitative estimate of drug-likeness (QED) is 0.233. The van der Waals surface area contributed by atoms with Gasteiger partial charge >= 0.3 is 5.97 Å². The molecule has 2 saturated carbocycles. The van der Waals surface area contributed by atoms with Crippen LogP contribution in [0.4, 0.5) is 11.4 Å². The zero-order valence-electron chi connectivity index (χ0n) is 21.0. The van der Waals surface area contributed by atoms with E-state index in [1.54, 1.807) is 36.4 Å². The molecule has 2 aliphatic carbocycles. The average molecular weight is 579 g/mol. The highest BCUT2D eigenvalue weighted by atomic mass is 35.5. The molecule has 1 aliphatic heterocycles. The summed E-state index contributed by atoms with van der Waals surface area (Å²) in [4.78, 5) is 52.7. The lowest BCUT2D eigenvalue weighted by molar-refractivity contribution is -0.123. The molecule has 1 saturated heterocycles. The van der Waals surface area contributed by atoms with Gasteiger partial charge in [-0.1, -0.05) is 24.3 Å². The maximum absolute atomic E-state index is 13.2. The zero-order chi connectivity index (χ0) is 28.0. The van der Waals surface area contributed by atoms with E-state index in [-0.39, 0.29) is 45.7 Å². The molecule has 0 aromatic heterocycles. The summed E-state index contributed by atoms with van der Waals surface area (Å²) in [6.45, 7) is -0.519. The molecule has 3 aromatic carbocycles. The van der Waals surface area contributed by atoms with Crippen molar-refractivity contribution in [1.82, 2.24) is 0 Å². The number of hydrogen-bond acceptors (Lipinski definition) is 6. The van der Waals surface area contributed by atoms with Gasteiger partial charge < -0.3 is 14.8 Å². The maximum Gasteiger partial charge on any atom is 0.338 e. The molecule has 3 aromatic rings. The van der Waals surface area contributed by atoms with Gasteiger partial charge in [0.15, 0.2) is 6.61 Å². The van der Waals surface area contributed by atoms with Gasteiger partial charge in [0.05, 0.1) is 33.8 Å². The first-order valence-corrected chi connectivity index (χ1v) is 13.7. The van der Waals surface area contributed by atoms with E-state index in [1.807, 2.05) is 30.3 Å². The number of carbonyl (C=O) groups is 4. The van der Waals surface area contributed by atoms with Gasteiger partial charge in [-0.15, -0.1) is 23.2 Å². The van der Waals surface area contributed by atoms with Crippen LogP contribution in [-0.2, 0) is 19.1 Å². The molecule has 40 heavy (non-hydrogen) atoms. The van der Waals surface area contributed by atoms with Gasteiger partial charge in [-0.3, -0.25) is 19.3 Å². The van der Waals surface area contributed by atoms with Gasteiger partial charge in [-0.05, 0) is 72.9 Å². The largest absolute Gasteiger partial charge is 0.457 e. The van der Waals surface area contributed by atoms with Crippen LogP contribution in [0.5, 0.6) is 11.5 Å². The molecule has 2 bridgehead atoms. The van der Waals surface area contributed by atoms with Crippen molar-refractivity contribution in [2.75, 3.05) is 16.8 Å². The number of halogens is 2. The second kappa shape index (κ2) is 10.6. The summed E-state index contributed by atoms with van der Waals surface area (Å²) < 4.78 is 10.9. The van der Waals surface area contributed by atoms with Crippen LogP contribution < -0.4 is 15.0 Å². The third-order valence-corrected chi connectivity index (χ3v) is 9.10. The molecule has 6 atom stereocenters. The smallest absolute Gasteiger partial charge is 0.338 e. The molecule has 204 valence electrons. The highest BCUT2D eigenvalue weighted by Gasteiger charge is 2.66. The number of para-hydroxylation sites is 1. The SMILES string of the molecule is O=C(COC(=O)c1cccc(N2C(=O)[C@@H]3[C@H]4C[C@@H]([C@H](Cl)[C@@H]4Cl)[C@@H]3C2=O)c1)Nc1ccc(Oc2ccccc2)cc1. The minimum atomic E-state index is -0.760. The number of anilines is 2. The van der Waals surface area contributed by atoms with Gasteiger partial charge in [0.1, 0.15) is 11.5 Å². The Labute approximate surface area is 240 Å². The van der Waals surface area contributed by atoms with Crippen molar-refractivity contribution in [3.05, 3.63) is 84.4 Å². The van der Waals surface area contributed by atoms with Crippen LogP contribution in [0.3, 0.4) is 0 Å².